The highest BCUT2D eigenvalue weighted by molar-refractivity contribution is 5.86. The quantitative estimate of drug-likeness (QED) is 0.698. The Labute approximate surface area is 169 Å². The Bertz CT molecular complexity index is 874. The van der Waals surface area contributed by atoms with Crippen LogP contribution in [0.5, 0.6) is 17.2 Å². The van der Waals surface area contributed by atoms with Gasteiger partial charge >= 0.3 is 5.97 Å². The van der Waals surface area contributed by atoms with E-state index in [2.05, 4.69) is 0 Å². The third kappa shape index (κ3) is 4.99. The number of hydrogen-bond acceptors (Lipinski definition) is 5. The molecule has 1 aliphatic carbocycles. The average molecular weight is 399 g/mol. The van der Waals surface area contributed by atoms with Crippen molar-refractivity contribution in [2.45, 2.75) is 18.9 Å². The van der Waals surface area contributed by atoms with E-state index in [-0.39, 0.29) is 30.8 Å². The van der Waals surface area contributed by atoms with Gasteiger partial charge in [0.1, 0.15) is 23.8 Å². The van der Waals surface area contributed by atoms with Crippen molar-refractivity contribution in [1.29, 1.82) is 0 Å². The molecular formula is C22H25NO6. The van der Waals surface area contributed by atoms with Crippen LogP contribution in [0.15, 0.2) is 42.5 Å². The number of ether oxygens (including phenoxy) is 3. The average Bonchev–Trinajstić information content (AvgIpc) is 3.53. The Morgan fingerprint density at radius 1 is 1.00 bits per heavy atom. The first-order valence-electron chi connectivity index (χ1n) is 9.31. The second-order valence-corrected chi connectivity index (χ2v) is 7.03. The van der Waals surface area contributed by atoms with Crippen LogP contribution in [0.3, 0.4) is 0 Å². The Morgan fingerprint density at radius 2 is 1.66 bits per heavy atom. The zero-order valence-electron chi connectivity index (χ0n) is 16.8. The van der Waals surface area contributed by atoms with Crippen molar-refractivity contribution < 1.29 is 28.9 Å². The highest BCUT2D eigenvalue weighted by Gasteiger charge is 2.46. The van der Waals surface area contributed by atoms with Crippen molar-refractivity contribution in [3.63, 3.8) is 0 Å². The monoisotopic (exact) mass is 399 g/mol. The summed E-state index contributed by atoms with van der Waals surface area (Å²) in [5.74, 6) is 0.550. The Kier molecular flexibility index (Phi) is 6.26. The molecule has 0 saturated heterocycles. The van der Waals surface area contributed by atoms with Crippen molar-refractivity contribution in [1.82, 2.24) is 4.90 Å². The summed E-state index contributed by atoms with van der Waals surface area (Å²) < 4.78 is 15.8. The third-order valence-electron chi connectivity index (χ3n) is 5.05. The molecule has 1 amide bonds. The maximum atomic E-state index is 13.1. The number of carbonyl (C=O) groups is 2. The van der Waals surface area contributed by atoms with Crippen LogP contribution in [0, 0.1) is 5.92 Å². The van der Waals surface area contributed by atoms with E-state index in [1.165, 1.54) is 4.90 Å². The second kappa shape index (κ2) is 8.86. The van der Waals surface area contributed by atoms with Crippen LogP contribution in [0.1, 0.15) is 23.5 Å². The molecule has 0 heterocycles. The molecule has 0 aromatic heterocycles. The van der Waals surface area contributed by atoms with Gasteiger partial charge in [-0.2, -0.15) is 0 Å². The van der Waals surface area contributed by atoms with E-state index in [9.17, 15) is 14.7 Å². The van der Waals surface area contributed by atoms with Crippen molar-refractivity contribution in [2.75, 3.05) is 27.9 Å². The number of aliphatic carboxylic acids is 1. The van der Waals surface area contributed by atoms with Gasteiger partial charge in [-0.25, -0.2) is 0 Å². The van der Waals surface area contributed by atoms with Gasteiger partial charge in [0.2, 0.25) is 5.91 Å². The lowest BCUT2D eigenvalue weighted by Crippen LogP contribution is -2.36. The molecule has 7 heteroatoms. The zero-order chi connectivity index (χ0) is 21.0. The predicted molar refractivity (Wildman–Crippen MR) is 106 cm³/mol. The maximum absolute atomic E-state index is 13.1. The lowest BCUT2D eigenvalue weighted by atomic mass is 10.1. The highest BCUT2D eigenvalue weighted by Crippen LogP contribution is 2.49. The predicted octanol–water partition coefficient (Wildman–Crippen LogP) is 2.93. The second-order valence-electron chi connectivity index (χ2n) is 7.03. The first kappa shape index (κ1) is 20.5. The SMILES string of the molecule is COc1cc(CN(CC(=O)O)C(=O)C2CC2c2cccc(OC)c2)cc(OC)c1. The van der Waals surface area contributed by atoms with Crippen molar-refractivity contribution >= 4 is 11.9 Å². The molecule has 3 rings (SSSR count). The normalized spacial score (nSPS) is 17.3. The van der Waals surface area contributed by atoms with Crippen LogP contribution in [0.25, 0.3) is 0 Å². The molecule has 0 aliphatic heterocycles. The molecule has 29 heavy (non-hydrogen) atoms. The smallest absolute Gasteiger partial charge is 0.323 e. The summed E-state index contributed by atoms with van der Waals surface area (Å²) >= 11 is 0. The van der Waals surface area contributed by atoms with Crippen LogP contribution in [-0.4, -0.2) is 49.8 Å². The molecule has 1 saturated carbocycles. The van der Waals surface area contributed by atoms with Crippen LogP contribution >= 0.6 is 0 Å². The fourth-order valence-electron chi connectivity index (χ4n) is 3.50. The Balaban J connectivity index is 1.77. The minimum atomic E-state index is -1.05. The van der Waals surface area contributed by atoms with Crippen LogP contribution in [0.2, 0.25) is 0 Å². The molecule has 2 unspecified atom stereocenters. The lowest BCUT2D eigenvalue weighted by Gasteiger charge is -2.22. The van der Waals surface area contributed by atoms with E-state index < -0.39 is 5.97 Å². The van der Waals surface area contributed by atoms with Gasteiger partial charge in [0.25, 0.3) is 0 Å². The number of hydrogen-bond donors (Lipinski definition) is 1. The van der Waals surface area contributed by atoms with Gasteiger partial charge < -0.3 is 24.2 Å². The summed E-state index contributed by atoms with van der Waals surface area (Å²) in [5, 5.41) is 9.31. The molecule has 1 fully saturated rings. The topological polar surface area (TPSA) is 85.3 Å². The lowest BCUT2D eigenvalue weighted by molar-refractivity contribution is -0.145. The van der Waals surface area contributed by atoms with Crippen molar-refractivity contribution in [3.8, 4) is 17.2 Å². The van der Waals surface area contributed by atoms with E-state index in [1.54, 1.807) is 39.5 Å². The van der Waals surface area contributed by atoms with Gasteiger partial charge in [-0.15, -0.1) is 0 Å². The molecule has 0 bridgehead atoms. The first-order chi connectivity index (χ1) is 13.9. The van der Waals surface area contributed by atoms with E-state index in [0.29, 0.717) is 17.9 Å². The molecule has 154 valence electrons. The van der Waals surface area contributed by atoms with Gasteiger partial charge in [-0.1, -0.05) is 12.1 Å². The Morgan fingerprint density at radius 3 is 2.24 bits per heavy atom. The van der Waals surface area contributed by atoms with Crippen LogP contribution < -0.4 is 14.2 Å². The molecule has 2 atom stereocenters. The summed E-state index contributed by atoms with van der Waals surface area (Å²) in [5.41, 5.74) is 1.77. The van der Waals surface area contributed by atoms with Crippen molar-refractivity contribution in [2.24, 2.45) is 5.92 Å². The fraction of sp³-hybridized carbons (Fsp3) is 0.364. The number of nitrogens with zero attached hydrogens (tertiary/aromatic N) is 1. The molecule has 2 aromatic carbocycles. The maximum Gasteiger partial charge on any atom is 0.323 e. The Hall–Kier alpha value is -3.22. The van der Waals surface area contributed by atoms with Crippen LogP contribution in [-0.2, 0) is 16.1 Å². The molecular weight excluding hydrogens is 374 g/mol. The minimum absolute atomic E-state index is 0.0775. The number of carbonyl (C=O) groups excluding carboxylic acids is 1. The number of benzene rings is 2. The summed E-state index contributed by atoms with van der Waals surface area (Å²) in [7, 11) is 4.69. The molecule has 0 radical (unpaired) electrons. The number of amides is 1. The summed E-state index contributed by atoms with van der Waals surface area (Å²) in [6.07, 6.45) is 0.698. The molecule has 1 N–H and O–H groups in total. The minimum Gasteiger partial charge on any atom is -0.497 e. The number of methoxy groups -OCH3 is 3. The summed E-state index contributed by atoms with van der Waals surface area (Å²) in [4.78, 5) is 25.8. The standard InChI is InChI=1S/C22H25NO6/c1-27-16-6-4-5-15(9-16)19-11-20(19)22(26)23(13-21(24)25)12-14-7-17(28-2)10-18(8-14)29-3/h4-10,19-20H,11-13H2,1-3H3,(H,24,25). The third-order valence-corrected chi connectivity index (χ3v) is 5.05. The van der Waals surface area contributed by atoms with Gasteiger partial charge in [-0.3, -0.25) is 9.59 Å². The van der Waals surface area contributed by atoms with Gasteiger partial charge in [0.15, 0.2) is 0 Å². The zero-order valence-corrected chi connectivity index (χ0v) is 16.8. The number of carboxylic acid groups (broad SMARTS) is 1. The van der Waals surface area contributed by atoms with E-state index in [4.69, 9.17) is 14.2 Å². The van der Waals surface area contributed by atoms with E-state index in [0.717, 1.165) is 16.9 Å². The number of rotatable bonds is 9. The summed E-state index contributed by atoms with van der Waals surface area (Å²) in [6.45, 7) is -0.195. The summed E-state index contributed by atoms with van der Waals surface area (Å²) in [6, 6.07) is 12.9. The largest absolute Gasteiger partial charge is 0.497 e. The molecule has 7 nitrogen and oxygen atoms in total. The van der Waals surface area contributed by atoms with E-state index in [1.807, 2.05) is 24.3 Å². The first-order valence-corrected chi connectivity index (χ1v) is 9.31. The number of carboxylic acids is 1. The van der Waals surface area contributed by atoms with Crippen LogP contribution in [0.4, 0.5) is 0 Å². The van der Waals surface area contributed by atoms with Gasteiger partial charge in [0, 0.05) is 18.5 Å². The van der Waals surface area contributed by atoms with Crippen molar-refractivity contribution in [3.05, 3.63) is 53.6 Å². The fourth-order valence-corrected chi connectivity index (χ4v) is 3.50. The van der Waals surface area contributed by atoms with E-state index >= 15 is 0 Å². The van der Waals surface area contributed by atoms with Gasteiger partial charge in [-0.05, 0) is 47.7 Å². The molecule has 2 aromatic rings. The highest BCUT2D eigenvalue weighted by atomic mass is 16.5. The molecule has 0 spiro atoms. The molecule has 1 aliphatic rings. The van der Waals surface area contributed by atoms with Gasteiger partial charge in [0.05, 0.1) is 21.3 Å².